The number of hydrogen-bond donors (Lipinski definition) is 1. The van der Waals surface area contributed by atoms with Gasteiger partial charge in [0.25, 0.3) is 0 Å². The van der Waals surface area contributed by atoms with Gasteiger partial charge >= 0.3 is 0 Å². The monoisotopic (exact) mass is 218 g/mol. The molecule has 1 aromatic heterocycles. The van der Waals surface area contributed by atoms with Crippen molar-refractivity contribution in [1.29, 1.82) is 0 Å². The summed E-state index contributed by atoms with van der Waals surface area (Å²) in [6, 6.07) is 2.53. The van der Waals surface area contributed by atoms with Gasteiger partial charge in [0.15, 0.2) is 0 Å². The van der Waals surface area contributed by atoms with Crippen LogP contribution in [0.3, 0.4) is 0 Å². The van der Waals surface area contributed by atoms with Crippen molar-refractivity contribution in [1.82, 2.24) is 20.2 Å². The molecular weight excluding hydrogens is 200 g/mol. The summed E-state index contributed by atoms with van der Waals surface area (Å²) < 4.78 is 0. The van der Waals surface area contributed by atoms with Crippen molar-refractivity contribution in [2.24, 2.45) is 11.8 Å². The zero-order chi connectivity index (χ0) is 11.0. The van der Waals surface area contributed by atoms with Crippen LogP contribution in [0.5, 0.6) is 0 Å². The fourth-order valence-corrected chi connectivity index (χ4v) is 3.06. The van der Waals surface area contributed by atoms with E-state index in [-0.39, 0.29) is 0 Å². The summed E-state index contributed by atoms with van der Waals surface area (Å²) in [6.45, 7) is 6.78. The maximum absolute atomic E-state index is 4.30. The third-order valence-corrected chi connectivity index (χ3v) is 4.02. The summed E-state index contributed by atoms with van der Waals surface area (Å²) in [6.07, 6.45) is 3.65. The van der Waals surface area contributed by atoms with Crippen molar-refractivity contribution in [2.75, 3.05) is 19.6 Å². The van der Waals surface area contributed by atoms with Crippen molar-refractivity contribution < 1.29 is 0 Å². The SMILES string of the molecule is CC1C2CNCC2CN1Cc1ncccn1. The van der Waals surface area contributed by atoms with E-state index in [2.05, 4.69) is 27.1 Å². The van der Waals surface area contributed by atoms with Crippen molar-refractivity contribution in [3.05, 3.63) is 24.3 Å². The average Bonchev–Trinajstić information content (AvgIpc) is 2.86. The third-order valence-electron chi connectivity index (χ3n) is 4.02. The van der Waals surface area contributed by atoms with Gasteiger partial charge in [-0.05, 0) is 37.9 Å². The number of rotatable bonds is 2. The smallest absolute Gasteiger partial charge is 0.142 e. The van der Waals surface area contributed by atoms with Gasteiger partial charge in [0.05, 0.1) is 6.54 Å². The van der Waals surface area contributed by atoms with E-state index in [9.17, 15) is 0 Å². The van der Waals surface area contributed by atoms with E-state index in [0.29, 0.717) is 6.04 Å². The van der Waals surface area contributed by atoms with Gasteiger partial charge in [-0.1, -0.05) is 0 Å². The summed E-state index contributed by atoms with van der Waals surface area (Å²) >= 11 is 0. The Kier molecular flexibility index (Phi) is 2.61. The molecule has 3 atom stereocenters. The highest BCUT2D eigenvalue weighted by Gasteiger charge is 2.41. The van der Waals surface area contributed by atoms with Gasteiger partial charge in [0, 0.05) is 25.0 Å². The predicted molar refractivity (Wildman–Crippen MR) is 61.8 cm³/mol. The Bertz CT molecular complexity index is 353. The molecule has 1 aromatic rings. The molecule has 0 bridgehead atoms. The topological polar surface area (TPSA) is 41.0 Å². The maximum Gasteiger partial charge on any atom is 0.142 e. The Morgan fingerprint density at radius 3 is 2.94 bits per heavy atom. The lowest BCUT2D eigenvalue weighted by Crippen LogP contribution is -2.33. The molecule has 2 fully saturated rings. The van der Waals surface area contributed by atoms with Gasteiger partial charge in [-0.3, -0.25) is 4.90 Å². The molecule has 0 aromatic carbocycles. The fourth-order valence-electron chi connectivity index (χ4n) is 3.06. The lowest BCUT2D eigenvalue weighted by molar-refractivity contribution is 0.226. The van der Waals surface area contributed by atoms with Crippen molar-refractivity contribution in [3.63, 3.8) is 0 Å². The van der Waals surface area contributed by atoms with Crippen LogP contribution in [0.4, 0.5) is 0 Å². The van der Waals surface area contributed by atoms with Crippen LogP contribution in [0.2, 0.25) is 0 Å². The predicted octanol–water partition coefficient (Wildman–Crippen LogP) is 0.516. The Hall–Kier alpha value is -1.00. The molecule has 2 aliphatic heterocycles. The minimum absolute atomic E-state index is 0.656. The molecule has 0 radical (unpaired) electrons. The van der Waals surface area contributed by atoms with E-state index in [1.165, 1.54) is 19.6 Å². The zero-order valence-corrected chi connectivity index (χ0v) is 9.63. The van der Waals surface area contributed by atoms with Crippen LogP contribution in [0.15, 0.2) is 18.5 Å². The summed E-state index contributed by atoms with van der Waals surface area (Å²) in [7, 11) is 0. The standard InChI is InChI=1S/C12H18N4/c1-9-11-6-13-5-10(11)7-16(9)8-12-14-3-2-4-15-12/h2-4,9-11,13H,5-8H2,1H3. The Morgan fingerprint density at radius 2 is 2.19 bits per heavy atom. The van der Waals surface area contributed by atoms with Crippen molar-refractivity contribution >= 4 is 0 Å². The molecule has 86 valence electrons. The molecule has 2 saturated heterocycles. The van der Waals surface area contributed by atoms with Crippen LogP contribution < -0.4 is 5.32 Å². The second-order valence-corrected chi connectivity index (χ2v) is 4.92. The molecule has 3 unspecified atom stereocenters. The molecule has 0 amide bonds. The molecule has 3 rings (SSSR count). The highest BCUT2D eigenvalue weighted by Crippen LogP contribution is 2.32. The molecular formula is C12H18N4. The Balaban J connectivity index is 1.69. The van der Waals surface area contributed by atoms with Crippen LogP contribution in [0.1, 0.15) is 12.7 Å². The van der Waals surface area contributed by atoms with Crippen LogP contribution in [0.25, 0.3) is 0 Å². The quantitative estimate of drug-likeness (QED) is 0.785. The molecule has 3 heterocycles. The van der Waals surface area contributed by atoms with Gasteiger partial charge in [0.2, 0.25) is 0 Å². The molecule has 2 aliphatic rings. The molecule has 1 N–H and O–H groups in total. The van der Waals surface area contributed by atoms with Crippen molar-refractivity contribution in [3.8, 4) is 0 Å². The van der Waals surface area contributed by atoms with E-state index in [1.54, 1.807) is 0 Å². The maximum atomic E-state index is 4.30. The largest absolute Gasteiger partial charge is 0.316 e. The number of nitrogens with zero attached hydrogens (tertiary/aromatic N) is 3. The minimum atomic E-state index is 0.656. The molecule has 0 spiro atoms. The first-order valence-corrected chi connectivity index (χ1v) is 6.05. The van der Waals surface area contributed by atoms with Crippen LogP contribution in [-0.2, 0) is 6.54 Å². The number of likely N-dealkylation sites (tertiary alicyclic amines) is 1. The van der Waals surface area contributed by atoms with Crippen LogP contribution in [-0.4, -0.2) is 40.5 Å². The number of hydrogen-bond acceptors (Lipinski definition) is 4. The average molecular weight is 218 g/mol. The van der Waals surface area contributed by atoms with E-state index in [0.717, 1.165) is 24.2 Å². The first-order valence-electron chi connectivity index (χ1n) is 6.05. The summed E-state index contributed by atoms with van der Waals surface area (Å²) in [5, 5.41) is 3.48. The van der Waals surface area contributed by atoms with Crippen molar-refractivity contribution in [2.45, 2.75) is 19.5 Å². The van der Waals surface area contributed by atoms with Crippen LogP contribution in [0, 0.1) is 11.8 Å². The normalized spacial score (nSPS) is 34.2. The van der Waals surface area contributed by atoms with Gasteiger partial charge in [-0.2, -0.15) is 0 Å². The second kappa shape index (κ2) is 4.11. The summed E-state index contributed by atoms with van der Waals surface area (Å²) in [4.78, 5) is 11.1. The number of fused-ring (bicyclic) bond motifs is 1. The second-order valence-electron chi connectivity index (χ2n) is 4.92. The first-order chi connectivity index (χ1) is 7.84. The molecule has 0 saturated carbocycles. The summed E-state index contributed by atoms with van der Waals surface area (Å²) in [5.41, 5.74) is 0. The van der Waals surface area contributed by atoms with E-state index < -0.39 is 0 Å². The minimum Gasteiger partial charge on any atom is -0.316 e. The summed E-state index contributed by atoms with van der Waals surface area (Å²) in [5.74, 6) is 2.60. The Labute approximate surface area is 96.1 Å². The number of aromatic nitrogens is 2. The fraction of sp³-hybridized carbons (Fsp3) is 0.667. The molecule has 4 heteroatoms. The van der Waals surface area contributed by atoms with Gasteiger partial charge in [0.1, 0.15) is 5.82 Å². The van der Waals surface area contributed by atoms with E-state index in [4.69, 9.17) is 0 Å². The van der Waals surface area contributed by atoms with Gasteiger partial charge in [-0.25, -0.2) is 9.97 Å². The highest BCUT2D eigenvalue weighted by molar-refractivity contribution is 4.98. The molecule has 0 aliphatic carbocycles. The van der Waals surface area contributed by atoms with E-state index in [1.807, 2.05) is 18.5 Å². The molecule has 16 heavy (non-hydrogen) atoms. The lowest BCUT2D eigenvalue weighted by atomic mass is 9.95. The zero-order valence-electron chi connectivity index (χ0n) is 9.63. The lowest BCUT2D eigenvalue weighted by Gasteiger charge is -2.23. The van der Waals surface area contributed by atoms with Gasteiger partial charge < -0.3 is 5.32 Å². The first kappa shape index (κ1) is 10.2. The number of nitrogens with one attached hydrogen (secondary N) is 1. The van der Waals surface area contributed by atoms with Gasteiger partial charge in [-0.15, -0.1) is 0 Å². The highest BCUT2D eigenvalue weighted by atomic mass is 15.2. The Morgan fingerprint density at radius 1 is 1.38 bits per heavy atom. The third kappa shape index (κ3) is 1.72. The van der Waals surface area contributed by atoms with Crippen LogP contribution >= 0.6 is 0 Å². The molecule has 4 nitrogen and oxygen atoms in total. The van der Waals surface area contributed by atoms with E-state index >= 15 is 0 Å².